The molecule has 0 saturated heterocycles. The zero-order valence-electron chi connectivity index (χ0n) is 12.3. The first kappa shape index (κ1) is 14.7. The molecule has 4 nitrogen and oxygen atoms in total. The highest BCUT2D eigenvalue weighted by Gasteiger charge is 2.42. The third-order valence-electron chi connectivity index (χ3n) is 4.41. The third-order valence-corrected chi connectivity index (χ3v) is 4.79. The van der Waals surface area contributed by atoms with Crippen LogP contribution in [0.15, 0.2) is 48.5 Å². The first-order valence-electron chi connectivity index (χ1n) is 7.32. The summed E-state index contributed by atoms with van der Waals surface area (Å²) in [7, 11) is 0. The predicted octanol–water partition coefficient (Wildman–Crippen LogP) is 4.07. The van der Waals surface area contributed by atoms with Crippen LogP contribution in [0.4, 0.5) is 0 Å². The molecule has 5 heteroatoms. The number of Topliss-reactive ketones (excluding diaryl/α,β-unsaturated/α-hetero) is 2. The summed E-state index contributed by atoms with van der Waals surface area (Å²) < 4.78 is 0. The van der Waals surface area contributed by atoms with Gasteiger partial charge in [-0.2, -0.15) is 0 Å². The van der Waals surface area contributed by atoms with Gasteiger partial charge in [0, 0.05) is 22.1 Å². The van der Waals surface area contributed by atoms with Crippen LogP contribution in [0.3, 0.4) is 0 Å². The lowest BCUT2D eigenvalue weighted by atomic mass is 9.89. The van der Waals surface area contributed by atoms with Crippen molar-refractivity contribution in [1.29, 1.82) is 0 Å². The molecule has 0 spiro atoms. The Morgan fingerprint density at radius 2 is 1.25 bits per heavy atom. The Labute approximate surface area is 141 Å². The Hall–Kier alpha value is -2.85. The summed E-state index contributed by atoms with van der Waals surface area (Å²) >= 11 is 6.22. The zero-order chi connectivity index (χ0) is 17.0. The van der Waals surface area contributed by atoms with Crippen LogP contribution in [0.25, 0.3) is 10.8 Å². The van der Waals surface area contributed by atoms with Crippen LogP contribution in [0.5, 0.6) is 11.5 Å². The summed E-state index contributed by atoms with van der Waals surface area (Å²) in [6.45, 7) is 0. The zero-order valence-corrected chi connectivity index (χ0v) is 13.0. The van der Waals surface area contributed by atoms with Gasteiger partial charge in [-0.05, 0) is 5.39 Å². The van der Waals surface area contributed by atoms with Crippen LogP contribution in [0, 0.1) is 0 Å². The average Bonchev–Trinajstić information content (AvgIpc) is 2.86. The summed E-state index contributed by atoms with van der Waals surface area (Å²) in [6, 6.07) is 13.3. The fourth-order valence-electron chi connectivity index (χ4n) is 3.29. The van der Waals surface area contributed by atoms with Crippen molar-refractivity contribution in [3.8, 4) is 11.5 Å². The Kier molecular flexibility index (Phi) is 3.11. The van der Waals surface area contributed by atoms with Crippen molar-refractivity contribution in [3.05, 3.63) is 70.2 Å². The van der Waals surface area contributed by atoms with Crippen molar-refractivity contribution >= 4 is 33.9 Å². The van der Waals surface area contributed by atoms with Gasteiger partial charge >= 0.3 is 0 Å². The van der Waals surface area contributed by atoms with Crippen molar-refractivity contribution in [3.63, 3.8) is 0 Å². The number of carbonyl (C=O) groups excluding carboxylic acids is 2. The lowest BCUT2D eigenvalue weighted by molar-refractivity contribution is 0.0890. The van der Waals surface area contributed by atoms with Gasteiger partial charge in [0.25, 0.3) is 0 Å². The van der Waals surface area contributed by atoms with Crippen molar-refractivity contribution in [1.82, 2.24) is 0 Å². The molecule has 0 amide bonds. The second-order valence-corrected chi connectivity index (χ2v) is 6.06. The molecule has 0 atom stereocenters. The lowest BCUT2D eigenvalue weighted by Gasteiger charge is -2.16. The van der Waals surface area contributed by atoms with E-state index in [0.29, 0.717) is 21.9 Å². The summed E-state index contributed by atoms with van der Waals surface area (Å²) in [5.74, 6) is -2.72. The van der Waals surface area contributed by atoms with Crippen LogP contribution in [-0.4, -0.2) is 21.8 Å². The van der Waals surface area contributed by atoms with E-state index < -0.39 is 11.7 Å². The molecule has 0 aromatic heterocycles. The lowest BCUT2D eigenvalue weighted by Crippen LogP contribution is -2.14. The minimum Gasteiger partial charge on any atom is -0.504 e. The smallest absolute Gasteiger partial charge is 0.178 e. The largest absolute Gasteiger partial charge is 0.504 e. The summed E-state index contributed by atoms with van der Waals surface area (Å²) in [5.41, 5.74) is 0.925. The molecule has 3 aromatic rings. The van der Waals surface area contributed by atoms with Gasteiger partial charge < -0.3 is 10.2 Å². The average molecular weight is 339 g/mol. The second-order valence-electron chi connectivity index (χ2n) is 5.68. The van der Waals surface area contributed by atoms with Gasteiger partial charge in [-0.15, -0.1) is 0 Å². The quantitative estimate of drug-likeness (QED) is 0.518. The molecule has 0 fully saturated rings. The summed E-state index contributed by atoms with van der Waals surface area (Å²) in [5, 5.41) is 20.9. The Morgan fingerprint density at radius 3 is 1.83 bits per heavy atom. The van der Waals surface area contributed by atoms with Crippen molar-refractivity contribution in [2.24, 2.45) is 0 Å². The first-order valence-corrected chi connectivity index (χ1v) is 7.69. The maximum Gasteiger partial charge on any atom is 0.178 e. The van der Waals surface area contributed by atoms with Crippen LogP contribution in [0.2, 0.25) is 5.02 Å². The molecule has 4 rings (SSSR count). The molecule has 0 unspecified atom stereocenters. The van der Waals surface area contributed by atoms with E-state index in [2.05, 4.69) is 0 Å². The van der Waals surface area contributed by atoms with Crippen LogP contribution in [0.1, 0.15) is 32.2 Å². The number of phenols is 2. The Balaban J connectivity index is 2.06. The third kappa shape index (κ3) is 1.80. The normalized spacial score (nSPS) is 14.4. The van der Waals surface area contributed by atoms with Crippen molar-refractivity contribution in [2.45, 2.75) is 5.92 Å². The maximum atomic E-state index is 12.8. The second kappa shape index (κ2) is 5.08. The van der Waals surface area contributed by atoms with E-state index in [-0.39, 0.29) is 27.9 Å². The number of phenolic OH excluding ortho intramolecular Hbond substituents is 2. The number of carbonyl (C=O) groups is 2. The van der Waals surface area contributed by atoms with Gasteiger partial charge in [0.1, 0.15) is 5.92 Å². The molecule has 24 heavy (non-hydrogen) atoms. The highest BCUT2D eigenvalue weighted by molar-refractivity contribution is 6.38. The molecule has 0 bridgehead atoms. The number of rotatable bonds is 1. The van der Waals surface area contributed by atoms with E-state index in [0.717, 1.165) is 0 Å². The number of hydrogen-bond donors (Lipinski definition) is 2. The van der Waals surface area contributed by atoms with E-state index in [4.69, 9.17) is 11.6 Å². The molecule has 1 aliphatic rings. The van der Waals surface area contributed by atoms with E-state index in [1.165, 1.54) is 0 Å². The van der Waals surface area contributed by atoms with Gasteiger partial charge in [0.15, 0.2) is 23.1 Å². The monoisotopic (exact) mass is 338 g/mol. The SMILES string of the molecule is O=C1c2ccccc2C(=O)C1c1c(Cl)c(O)c(O)c2ccccc12. The fourth-order valence-corrected chi connectivity index (χ4v) is 3.59. The van der Waals surface area contributed by atoms with Crippen LogP contribution in [-0.2, 0) is 0 Å². The molecule has 0 heterocycles. The molecule has 0 aliphatic heterocycles. The first-order chi connectivity index (χ1) is 11.5. The molecular formula is C19H11ClO4. The Bertz CT molecular complexity index is 1000. The topological polar surface area (TPSA) is 74.6 Å². The number of halogens is 1. The molecule has 2 N–H and O–H groups in total. The van der Waals surface area contributed by atoms with E-state index in [1.807, 2.05) is 0 Å². The minimum absolute atomic E-state index is 0.175. The fraction of sp³-hybridized carbons (Fsp3) is 0.0526. The number of fused-ring (bicyclic) bond motifs is 2. The van der Waals surface area contributed by atoms with Crippen LogP contribution >= 0.6 is 11.6 Å². The van der Waals surface area contributed by atoms with E-state index in [1.54, 1.807) is 48.5 Å². The van der Waals surface area contributed by atoms with Gasteiger partial charge in [-0.25, -0.2) is 0 Å². The molecule has 118 valence electrons. The van der Waals surface area contributed by atoms with Crippen molar-refractivity contribution < 1.29 is 19.8 Å². The number of aromatic hydroxyl groups is 2. The molecule has 3 aromatic carbocycles. The van der Waals surface area contributed by atoms with E-state index >= 15 is 0 Å². The molecule has 1 aliphatic carbocycles. The van der Waals surface area contributed by atoms with E-state index in [9.17, 15) is 19.8 Å². The van der Waals surface area contributed by atoms with Gasteiger partial charge in [-0.1, -0.05) is 60.1 Å². The maximum absolute atomic E-state index is 12.8. The minimum atomic E-state index is -1.12. The highest BCUT2D eigenvalue weighted by Crippen LogP contribution is 2.48. The molecular weight excluding hydrogens is 328 g/mol. The van der Waals surface area contributed by atoms with Crippen LogP contribution < -0.4 is 0 Å². The molecule has 0 saturated carbocycles. The number of benzene rings is 3. The summed E-state index contributed by atoms with van der Waals surface area (Å²) in [4.78, 5) is 25.6. The van der Waals surface area contributed by atoms with Gasteiger partial charge in [0.2, 0.25) is 0 Å². The number of hydrogen-bond acceptors (Lipinski definition) is 4. The van der Waals surface area contributed by atoms with Gasteiger partial charge in [0.05, 0.1) is 5.02 Å². The standard InChI is InChI=1S/C19H11ClO4/c20-15-13(9-5-1-2-6-10(9)18(23)19(15)24)14-16(21)11-7-3-4-8-12(11)17(14)22/h1-8,14,23-24H. The molecule has 0 radical (unpaired) electrons. The summed E-state index contributed by atoms with van der Waals surface area (Å²) in [6.07, 6.45) is 0. The Morgan fingerprint density at radius 1 is 0.750 bits per heavy atom. The van der Waals surface area contributed by atoms with Gasteiger partial charge in [-0.3, -0.25) is 9.59 Å². The highest BCUT2D eigenvalue weighted by atomic mass is 35.5. The predicted molar refractivity (Wildman–Crippen MR) is 90.1 cm³/mol. The number of ketones is 2. The van der Waals surface area contributed by atoms with Crippen molar-refractivity contribution in [2.75, 3.05) is 0 Å².